The number of carbonyl (C=O) groups excluding carboxylic acids is 1. The van der Waals surface area contributed by atoms with Crippen LogP contribution >= 0.6 is 15.9 Å². The lowest BCUT2D eigenvalue weighted by molar-refractivity contribution is -0.119. The van der Waals surface area contributed by atoms with Gasteiger partial charge in [0.25, 0.3) is 10.0 Å². The number of nitrogens with one attached hydrogen (secondary N) is 1. The van der Waals surface area contributed by atoms with Gasteiger partial charge >= 0.3 is 0 Å². The molecule has 0 aromatic heterocycles. The predicted molar refractivity (Wildman–Crippen MR) is 120 cm³/mol. The van der Waals surface area contributed by atoms with E-state index in [0.29, 0.717) is 15.9 Å². The van der Waals surface area contributed by atoms with Crippen molar-refractivity contribution in [1.29, 1.82) is 0 Å². The van der Waals surface area contributed by atoms with Gasteiger partial charge in [-0.05, 0) is 42.5 Å². The van der Waals surface area contributed by atoms with E-state index in [1.54, 1.807) is 42.5 Å². The van der Waals surface area contributed by atoms with Crippen LogP contribution in [0.3, 0.4) is 0 Å². The molecular formula is C22H21BrN2O4S. The average Bonchev–Trinajstić information content (AvgIpc) is 2.76. The van der Waals surface area contributed by atoms with Crippen molar-refractivity contribution in [3.05, 3.63) is 89.4 Å². The molecule has 0 aliphatic heterocycles. The summed E-state index contributed by atoms with van der Waals surface area (Å²) < 4.78 is 33.8. The second kappa shape index (κ2) is 10.3. The van der Waals surface area contributed by atoms with E-state index in [1.165, 1.54) is 12.1 Å². The fraction of sp³-hybridized carbons (Fsp3) is 0.136. The number of rotatable bonds is 9. The molecule has 8 heteroatoms. The fourth-order valence-electron chi connectivity index (χ4n) is 2.73. The molecule has 0 unspecified atom stereocenters. The van der Waals surface area contributed by atoms with Gasteiger partial charge in [0.2, 0.25) is 5.91 Å². The average molecular weight is 489 g/mol. The SMILES string of the molecule is O=C(CN(c1cccc(Br)c1)S(=O)(=O)c1ccccc1)NCCOc1ccccc1. The van der Waals surface area contributed by atoms with Crippen LogP contribution in [0.15, 0.2) is 94.3 Å². The number of sulfonamides is 1. The molecule has 0 fully saturated rings. The lowest BCUT2D eigenvalue weighted by atomic mass is 10.3. The molecule has 3 aromatic rings. The number of carbonyl (C=O) groups is 1. The van der Waals surface area contributed by atoms with E-state index in [9.17, 15) is 13.2 Å². The van der Waals surface area contributed by atoms with Crippen molar-refractivity contribution in [2.45, 2.75) is 4.90 Å². The summed E-state index contributed by atoms with van der Waals surface area (Å²) in [6.45, 7) is 0.183. The van der Waals surface area contributed by atoms with Gasteiger partial charge in [0.15, 0.2) is 0 Å². The van der Waals surface area contributed by atoms with Crippen molar-refractivity contribution in [3.8, 4) is 5.75 Å². The zero-order valence-corrected chi connectivity index (χ0v) is 18.5. The molecule has 0 spiro atoms. The molecule has 1 N–H and O–H groups in total. The lowest BCUT2D eigenvalue weighted by Gasteiger charge is -2.24. The molecule has 0 aliphatic rings. The fourth-order valence-corrected chi connectivity index (χ4v) is 4.55. The van der Waals surface area contributed by atoms with Gasteiger partial charge in [-0.25, -0.2) is 8.42 Å². The number of nitrogens with zero attached hydrogens (tertiary/aromatic N) is 1. The Balaban J connectivity index is 1.70. The van der Waals surface area contributed by atoms with Crippen LogP contribution in [-0.2, 0) is 14.8 Å². The Kier molecular flexibility index (Phi) is 7.48. The van der Waals surface area contributed by atoms with Gasteiger partial charge in [0.05, 0.1) is 17.1 Å². The Labute approximate surface area is 184 Å². The summed E-state index contributed by atoms with van der Waals surface area (Å²) in [6, 6.07) is 24.1. The Morgan fingerprint density at radius 2 is 1.60 bits per heavy atom. The molecule has 0 radical (unpaired) electrons. The standard InChI is InChI=1S/C22H21BrN2O4S/c23-18-8-7-9-19(16-18)25(30(27,28)21-12-5-2-6-13-21)17-22(26)24-14-15-29-20-10-3-1-4-11-20/h1-13,16H,14-15,17H2,(H,24,26). The van der Waals surface area contributed by atoms with Crippen LogP contribution < -0.4 is 14.4 Å². The van der Waals surface area contributed by atoms with Crippen molar-refractivity contribution in [2.24, 2.45) is 0 Å². The van der Waals surface area contributed by atoms with Crippen LogP contribution in [0.1, 0.15) is 0 Å². The van der Waals surface area contributed by atoms with Crippen molar-refractivity contribution in [1.82, 2.24) is 5.32 Å². The topological polar surface area (TPSA) is 75.7 Å². The van der Waals surface area contributed by atoms with Crippen molar-refractivity contribution in [2.75, 3.05) is 24.0 Å². The van der Waals surface area contributed by atoms with Crippen LogP contribution in [0.2, 0.25) is 0 Å². The number of hydrogen-bond donors (Lipinski definition) is 1. The van der Waals surface area contributed by atoms with Gasteiger partial charge in [-0.1, -0.05) is 58.4 Å². The van der Waals surface area contributed by atoms with Crippen molar-refractivity contribution in [3.63, 3.8) is 0 Å². The molecule has 0 bridgehead atoms. The number of ether oxygens (including phenoxy) is 1. The highest BCUT2D eigenvalue weighted by atomic mass is 79.9. The Bertz CT molecular complexity index is 1080. The van der Waals surface area contributed by atoms with E-state index in [1.807, 2.05) is 30.3 Å². The highest BCUT2D eigenvalue weighted by molar-refractivity contribution is 9.10. The molecule has 0 saturated heterocycles. The second-order valence-corrected chi connectivity index (χ2v) is 9.09. The highest BCUT2D eigenvalue weighted by Gasteiger charge is 2.27. The summed E-state index contributed by atoms with van der Waals surface area (Å²) in [5, 5.41) is 2.71. The zero-order chi connectivity index (χ0) is 21.4. The van der Waals surface area contributed by atoms with Crippen LogP contribution in [0.25, 0.3) is 0 Å². The molecule has 156 valence electrons. The number of hydrogen-bond acceptors (Lipinski definition) is 4. The van der Waals surface area contributed by atoms with E-state index < -0.39 is 15.9 Å². The van der Waals surface area contributed by atoms with Gasteiger partial charge < -0.3 is 10.1 Å². The summed E-state index contributed by atoms with van der Waals surface area (Å²) in [5.41, 5.74) is 0.393. The van der Waals surface area contributed by atoms with E-state index in [4.69, 9.17) is 4.74 Å². The zero-order valence-electron chi connectivity index (χ0n) is 16.1. The van der Waals surface area contributed by atoms with E-state index in [0.717, 1.165) is 4.31 Å². The van der Waals surface area contributed by atoms with E-state index in [-0.39, 0.29) is 24.6 Å². The highest BCUT2D eigenvalue weighted by Crippen LogP contribution is 2.26. The van der Waals surface area contributed by atoms with Crippen LogP contribution in [0, 0.1) is 0 Å². The molecule has 0 atom stereocenters. The number of para-hydroxylation sites is 1. The first-order valence-corrected chi connectivity index (χ1v) is 11.5. The maximum Gasteiger partial charge on any atom is 0.264 e. The quantitative estimate of drug-likeness (QED) is 0.464. The largest absolute Gasteiger partial charge is 0.492 e. The first-order valence-electron chi connectivity index (χ1n) is 9.25. The molecule has 6 nitrogen and oxygen atoms in total. The smallest absolute Gasteiger partial charge is 0.264 e. The summed E-state index contributed by atoms with van der Waals surface area (Å²) in [6.07, 6.45) is 0. The van der Waals surface area contributed by atoms with Crippen LogP contribution in [0.5, 0.6) is 5.75 Å². The summed E-state index contributed by atoms with van der Waals surface area (Å²) in [7, 11) is -3.92. The van der Waals surface area contributed by atoms with Gasteiger partial charge in [-0.3, -0.25) is 9.10 Å². The van der Waals surface area contributed by atoms with E-state index >= 15 is 0 Å². The number of halogens is 1. The number of anilines is 1. The summed E-state index contributed by atoms with van der Waals surface area (Å²) in [4.78, 5) is 12.6. The minimum Gasteiger partial charge on any atom is -0.492 e. The maximum atomic E-state index is 13.2. The summed E-state index contributed by atoms with van der Waals surface area (Å²) in [5.74, 6) is 0.278. The maximum absolute atomic E-state index is 13.2. The van der Waals surface area contributed by atoms with Gasteiger partial charge in [-0.15, -0.1) is 0 Å². The Morgan fingerprint density at radius 1 is 0.933 bits per heavy atom. The minimum atomic E-state index is -3.92. The first-order chi connectivity index (χ1) is 14.5. The van der Waals surface area contributed by atoms with E-state index in [2.05, 4.69) is 21.2 Å². The molecule has 3 aromatic carbocycles. The molecule has 0 heterocycles. The van der Waals surface area contributed by atoms with Gasteiger partial charge in [0.1, 0.15) is 18.9 Å². The molecule has 30 heavy (non-hydrogen) atoms. The summed E-state index contributed by atoms with van der Waals surface area (Å²) >= 11 is 3.35. The third kappa shape index (κ3) is 5.84. The number of benzene rings is 3. The molecule has 0 aliphatic carbocycles. The Morgan fingerprint density at radius 3 is 2.27 bits per heavy atom. The molecule has 3 rings (SSSR count). The first kappa shape index (κ1) is 21.9. The number of amides is 1. The molecule has 0 saturated carbocycles. The van der Waals surface area contributed by atoms with Gasteiger partial charge in [0, 0.05) is 4.47 Å². The second-order valence-electron chi connectivity index (χ2n) is 6.32. The van der Waals surface area contributed by atoms with Crippen molar-refractivity contribution >= 4 is 37.5 Å². The normalized spacial score (nSPS) is 11.0. The third-order valence-corrected chi connectivity index (χ3v) is 6.43. The lowest BCUT2D eigenvalue weighted by Crippen LogP contribution is -2.41. The third-order valence-electron chi connectivity index (χ3n) is 4.15. The molecule has 1 amide bonds. The van der Waals surface area contributed by atoms with Crippen LogP contribution in [-0.4, -0.2) is 34.0 Å². The van der Waals surface area contributed by atoms with Gasteiger partial charge in [-0.2, -0.15) is 0 Å². The predicted octanol–water partition coefficient (Wildman–Crippen LogP) is 3.84. The van der Waals surface area contributed by atoms with Crippen molar-refractivity contribution < 1.29 is 17.9 Å². The molecular weight excluding hydrogens is 468 g/mol. The monoisotopic (exact) mass is 488 g/mol. The minimum absolute atomic E-state index is 0.116. The van der Waals surface area contributed by atoms with Crippen LogP contribution in [0.4, 0.5) is 5.69 Å². The Hall–Kier alpha value is -2.84.